The van der Waals surface area contributed by atoms with Gasteiger partial charge in [-0.3, -0.25) is 9.34 Å². The molecule has 1 rings (SSSR count). The van der Waals surface area contributed by atoms with E-state index >= 15 is 0 Å². The molecule has 0 fully saturated rings. The summed E-state index contributed by atoms with van der Waals surface area (Å²) in [4.78, 5) is 0. The molecule has 101 valence electrons. The Hall–Kier alpha value is -0.105. The quantitative estimate of drug-likeness (QED) is 0.395. The van der Waals surface area contributed by atoms with Gasteiger partial charge in [0.25, 0.3) is 0 Å². The fourth-order valence-corrected chi connectivity index (χ4v) is 5.14. The lowest BCUT2D eigenvalue weighted by Gasteiger charge is -2.41. The molecule has 0 aromatic rings. The summed E-state index contributed by atoms with van der Waals surface area (Å²) >= 11 is 0. The van der Waals surface area contributed by atoms with Crippen molar-refractivity contribution >= 4 is 16.6 Å². The van der Waals surface area contributed by atoms with Gasteiger partial charge in [0.2, 0.25) is 0 Å². The number of hydrogen-bond acceptors (Lipinski definition) is 2. The molecule has 3 radical (unpaired) electrons. The first-order chi connectivity index (χ1) is 8.28. The molecule has 0 aromatic carbocycles. The zero-order valence-corrected chi connectivity index (χ0v) is 13.2. The molecule has 1 aliphatic rings. The molecular weight excluding hydrogens is 238 g/mol. The summed E-state index contributed by atoms with van der Waals surface area (Å²) in [6, 6.07) is 0. The molecule has 0 aromatic heterocycles. The third kappa shape index (κ3) is 4.53. The Morgan fingerprint density at radius 2 is 1.28 bits per heavy atom. The molecule has 0 amide bonds. The zero-order valence-electron chi connectivity index (χ0n) is 12.3. The SMILES string of the molecule is CCN(CC)P(C1C=CCC=C1)N(CC)CC.[B]. The Kier molecular flexibility index (Phi) is 9.72. The van der Waals surface area contributed by atoms with E-state index in [4.69, 9.17) is 0 Å². The number of rotatable bonds is 7. The summed E-state index contributed by atoms with van der Waals surface area (Å²) in [5.41, 5.74) is 0.610. The summed E-state index contributed by atoms with van der Waals surface area (Å²) in [6.45, 7) is 13.7. The van der Waals surface area contributed by atoms with Crippen molar-refractivity contribution in [3.63, 3.8) is 0 Å². The van der Waals surface area contributed by atoms with Crippen molar-refractivity contribution in [3.05, 3.63) is 24.3 Å². The lowest BCUT2D eigenvalue weighted by Crippen LogP contribution is -2.33. The topological polar surface area (TPSA) is 6.48 Å². The first kappa shape index (κ1) is 17.9. The molecule has 18 heavy (non-hydrogen) atoms. The van der Waals surface area contributed by atoms with Crippen LogP contribution < -0.4 is 0 Å². The molecule has 0 unspecified atom stereocenters. The molecule has 0 N–H and O–H groups in total. The molecule has 0 saturated heterocycles. The normalized spacial score (nSPS) is 15.7. The first-order valence-electron chi connectivity index (χ1n) is 6.90. The predicted octanol–water partition coefficient (Wildman–Crippen LogP) is 3.49. The monoisotopic (exact) mass is 265 g/mol. The van der Waals surface area contributed by atoms with E-state index in [0.29, 0.717) is 5.66 Å². The van der Waals surface area contributed by atoms with E-state index in [1.807, 2.05) is 0 Å². The maximum absolute atomic E-state index is 2.63. The van der Waals surface area contributed by atoms with Crippen molar-refractivity contribution in [2.45, 2.75) is 39.8 Å². The average molecular weight is 265 g/mol. The van der Waals surface area contributed by atoms with Crippen LogP contribution in [0.25, 0.3) is 0 Å². The van der Waals surface area contributed by atoms with Crippen LogP contribution in [-0.2, 0) is 0 Å². The van der Waals surface area contributed by atoms with E-state index in [2.05, 4.69) is 61.3 Å². The van der Waals surface area contributed by atoms with Gasteiger partial charge in [0.05, 0.1) is 8.22 Å². The Morgan fingerprint density at radius 1 is 0.889 bits per heavy atom. The van der Waals surface area contributed by atoms with Gasteiger partial charge in [-0.15, -0.1) is 0 Å². The average Bonchev–Trinajstić information content (AvgIpc) is 2.40. The van der Waals surface area contributed by atoms with Crippen molar-refractivity contribution in [2.75, 3.05) is 26.2 Å². The van der Waals surface area contributed by atoms with E-state index in [-0.39, 0.29) is 16.6 Å². The van der Waals surface area contributed by atoms with Crippen molar-refractivity contribution in [1.29, 1.82) is 0 Å². The minimum absolute atomic E-state index is 0. The highest BCUT2D eigenvalue weighted by atomic mass is 31.1. The molecule has 0 spiro atoms. The first-order valence-corrected chi connectivity index (χ1v) is 8.22. The van der Waals surface area contributed by atoms with E-state index in [1.54, 1.807) is 0 Å². The van der Waals surface area contributed by atoms with Crippen LogP contribution in [0.3, 0.4) is 0 Å². The second-order valence-electron chi connectivity index (χ2n) is 4.18. The summed E-state index contributed by atoms with van der Waals surface area (Å²) in [6.07, 6.45) is 10.5. The van der Waals surface area contributed by atoms with Gasteiger partial charge in [-0.05, 0) is 6.42 Å². The second-order valence-corrected chi connectivity index (χ2v) is 6.55. The van der Waals surface area contributed by atoms with Gasteiger partial charge in [0, 0.05) is 40.3 Å². The van der Waals surface area contributed by atoms with E-state index in [9.17, 15) is 0 Å². The predicted molar refractivity (Wildman–Crippen MR) is 85.2 cm³/mol. The fraction of sp³-hybridized carbons (Fsp3) is 0.714. The van der Waals surface area contributed by atoms with Crippen molar-refractivity contribution < 1.29 is 0 Å². The molecule has 0 heterocycles. The highest BCUT2D eigenvalue weighted by Gasteiger charge is 2.27. The lowest BCUT2D eigenvalue weighted by molar-refractivity contribution is 0.421. The Labute approximate surface area is 117 Å². The van der Waals surface area contributed by atoms with Gasteiger partial charge >= 0.3 is 0 Å². The summed E-state index contributed by atoms with van der Waals surface area (Å²) in [7, 11) is -0.213. The third-order valence-electron chi connectivity index (χ3n) is 3.25. The van der Waals surface area contributed by atoms with Gasteiger partial charge in [0.1, 0.15) is 0 Å². The molecule has 1 aliphatic carbocycles. The molecule has 0 bridgehead atoms. The van der Waals surface area contributed by atoms with Crippen molar-refractivity contribution in [2.24, 2.45) is 0 Å². The summed E-state index contributed by atoms with van der Waals surface area (Å²) in [5, 5.41) is 0. The number of hydrogen-bond donors (Lipinski definition) is 0. The van der Waals surface area contributed by atoms with E-state index in [0.717, 1.165) is 32.6 Å². The molecule has 2 nitrogen and oxygen atoms in total. The van der Waals surface area contributed by atoms with Crippen LogP contribution in [0, 0.1) is 0 Å². The van der Waals surface area contributed by atoms with Crippen LogP contribution in [0.2, 0.25) is 0 Å². The van der Waals surface area contributed by atoms with Gasteiger partial charge in [-0.1, -0.05) is 52.0 Å². The molecular formula is C14H27BN2P. The smallest absolute Gasteiger partial charge is 0.0506 e. The number of allylic oxidation sites excluding steroid dienone is 4. The second kappa shape index (κ2) is 9.78. The molecule has 4 heteroatoms. The standard InChI is InChI=1S/C14H27N2P.B/c1-5-15(6-2)17(16(7-3)8-4)14-12-10-9-11-13-14;/h10-14H,5-9H2,1-4H3;. The van der Waals surface area contributed by atoms with Gasteiger partial charge < -0.3 is 0 Å². The van der Waals surface area contributed by atoms with E-state index in [1.165, 1.54) is 0 Å². The van der Waals surface area contributed by atoms with Crippen molar-refractivity contribution in [3.8, 4) is 0 Å². The zero-order chi connectivity index (χ0) is 12.7. The van der Waals surface area contributed by atoms with Crippen LogP contribution >= 0.6 is 8.22 Å². The van der Waals surface area contributed by atoms with Gasteiger partial charge in [0.15, 0.2) is 0 Å². The Bertz CT molecular complexity index is 237. The van der Waals surface area contributed by atoms with Crippen LogP contribution in [0.4, 0.5) is 0 Å². The van der Waals surface area contributed by atoms with Gasteiger partial charge in [-0.2, -0.15) is 0 Å². The largest absolute Gasteiger partial charge is 0.270 e. The van der Waals surface area contributed by atoms with Crippen LogP contribution in [-0.4, -0.2) is 49.6 Å². The molecule has 0 aliphatic heterocycles. The third-order valence-corrected chi connectivity index (χ3v) is 6.41. The van der Waals surface area contributed by atoms with Gasteiger partial charge in [-0.25, -0.2) is 0 Å². The fourth-order valence-electron chi connectivity index (χ4n) is 2.32. The maximum Gasteiger partial charge on any atom is 0.0506 e. The van der Waals surface area contributed by atoms with E-state index < -0.39 is 0 Å². The summed E-state index contributed by atoms with van der Waals surface area (Å²) < 4.78 is 5.26. The highest BCUT2D eigenvalue weighted by molar-refractivity contribution is 7.53. The van der Waals surface area contributed by atoms with Crippen molar-refractivity contribution in [1.82, 2.24) is 9.34 Å². The van der Waals surface area contributed by atoms with Crippen LogP contribution in [0.5, 0.6) is 0 Å². The molecule has 0 saturated carbocycles. The Morgan fingerprint density at radius 3 is 1.61 bits per heavy atom. The minimum atomic E-state index is -0.213. The highest BCUT2D eigenvalue weighted by Crippen LogP contribution is 2.50. The minimum Gasteiger partial charge on any atom is -0.270 e. The number of nitrogens with zero attached hydrogens (tertiary/aromatic N) is 2. The maximum atomic E-state index is 2.63. The summed E-state index contributed by atoms with van der Waals surface area (Å²) in [5.74, 6) is 0. The van der Waals surface area contributed by atoms with Crippen LogP contribution in [0.1, 0.15) is 34.1 Å². The molecule has 0 atom stereocenters. The lowest BCUT2D eigenvalue weighted by atomic mass is 10.2. The van der Waals surface area contributed by atoms with Crippen LogP contribution in [0.15, 0.2) is 24.3 Å². The Balaban J connectivity index is 0.00000289.